The van der Waals surface area contributed by atoms with Gasteiger partial charge >= 0.3 is 0 Å². The smallest absolute Gasteiger partial charge is 0.164 e. The lowest BCUT2D eigenvalue weighted by molar-refractivity contribution is 1.08. The Hall–Kier alpha value is -6.71. The maximum absolute atomic E-state index is 5.34. The SMILES string of the molecule is c1ccc(-c2nc(-c3cccc4sc5ccccc5c34)nc(-c3cccc4sc5c(-c6nc(-c7ccccc7)c7sc8ccccc8c7n6)cccc5c34)n2)cc1. The van der Waals surface area contributed by atoms with Crippen LogP contribution in [0.1, 0.15) is 0 Å². The fourth-order valence-corrected chi connectivity index (χ4v) is 11.5. The third kappa shape index (κ3) is 5.22. The van der Waals surface area contributed by atoms with Crippen molar-refractivity contribution in [2.75, 3.05) is 0 Å². The Labute approximate surface area is 338 Å². The molecule has 7 aromatic carbocycles. The molecule has 0 aliphatic rings. The van der Waals surface area contributed by atoms with Gasteiger partial charge in [0.15, 0.2) is 23.3 Å². The molecule has 5 nitrogen and oxygen atoms in total. The fraction of sp³-hybridized carbons (Fsp3) is 0. The minimum Gasteiger partial charge on any atom is -0.226 e. The van der Waals surface area contributed by atoms with Gasteiger partial charge in [-0.25, -0.2) is 24.9 Å². The van der Waals surface area contributed by atoms with Crippen molar-refractivity contribution in [3.8, 4) is 56.8 Å². The molecule has 0 bridgehead atoms. The summed E-state index contributed by atoms with van der Waals surface area (Å²) in [4.78, 5) is 26.4. The van der Waals surface area contributed by atoms with E-state index in [1.165, 1.54) is 24.9 Å². The highest BCUT2D eigenvalue weighted by atomic mass is 32.1. The summed E-state index contributed by atoms with van der Waals surface area (Å²) in [6.45, 7) is 0. The van der Waals surface area contributed by atoms with Crippen LogP contribution in [0.3, 0.4) is 0 Å². The summed E-state index contributed by atoms with van der Waals surface area (Å²) in [5, 5.41) is 5.76. The van der Waals surface area contributed by atoms with Crippen molar-refractivity contribution in [3.05, 3.63) is 164 Å². The molecule has 0 spiro atoms. The third-order valence-corrected chi connectivity index (χ3v) is 14.1. The molecule has 0 amide bonds. The second-order valence-corrected chi connectivity index (χ2v) is 17.1. The van der Waals surface area contributed by atoms with Crippen molar-refractivity contribution in [2.45, 2.75) is 0 Å². The lowest BCUT2D eigenvalue weighted by Crippen LogP contribution is -2.00. The van der Waals surface area contributed by atoms with Gasteiger partial charge in [-0.2, -0.15) is 0 Å². The highest BCUT2D eigenvalue weighted by Crippen LogP contribution is 2.46. The number of hydrogen-bond acceptors (Lipinski definition) is 8. The first-order valence-electron chi connectivity index (χ1n) is 18.7. The molecule has 8 heteroatoms. The summed E-state index contributed by atoms with van der Waals surface area (Å²) in [7, 11) is 0. The van der Waals surface area contributed by atoms with Crippen LogP contribution >= 0.6 is 34.0 Å². The maximum atomic E-state index is 5.34. The molecular weight excluding hydrogens is 755 g/mol. The van der Waals surface area contributed by atoms with Gasteiger partial charge in [0, 0.05) is 78.2 Å². The fourth-order valence-electron chi connectivity index (χ4n) is 8.01. The van der Waals surface area contributed by atoms with Gasteiger partial charge < -0.3 is 0 Å². The van der Waals surface area contributed by atoms with Gasteiger partial charge in [-0.15, -0.1) is 34.0 Å². The third-order valence-electron chi connectivity index (χ3n) is 10.6. The van der Waals surface area contributed by atoms with Crippen molar-refractivity contribution in [1.82, 2.24) is 24.9 Å². The maximum Gasteiger partial charge on any atom is 0.164 e. The molecule has 5 aromatic heterocycles. The minimum atomic E-state index is 0.639. The highest BCUT2D eigenvalue weighted by molar-refractivity contribution is 7.27. The Morgan fingerprint density at radius 3 is 1.53 bits per heavy atom. The molecule has 5 heterocycles. The average Bonchev–Trinajstić information content (AvgIpc) is 3.98. The van der Waals surface area contributed by atoms with Crippen molar-refractivity contribution < 1.29 is 0 Å². The molecule has 0 radical (unpaired) electrons. The molecule has 0 saturated carbocycles. The largest absolute Gasteiger partial charge is 0.226 e. The summed E-state index contributed by atoms with van der Waals surface area (Å²) >= 11 is 5.31. The molecule has 266 valence electrons. The topological polar surface area (TPSA) is 64.5 Å². The number of rotatable bonds is 5. The predicted octanol–water partition coefficient (Wildman–Crippen LogP) is 14.1. The minimum absolute atomic E-state index is 0.639. The van der Waals surface area contributed by atoms with E-state index in [4.69, 9.17) is 24.9 Å². The van der Waals surface area contributed by atoms with E-state index in [1.807, 2.05) is 24.3 Å². The molecule has 0 aliphatic carbocycles. The molecule has 0 aliphatic heterocycles. The van der Waals surface area contributed by atoms with Crippen LogP contribution in [0.4, 0.5) is 0 Å². The van der Waals surface area contributed by atoms with E-state index >= 15 is 0 Å². The van der Waals surface area contributed by atoms with Crippen LogP contribution in [-0.2, 0) is 0 Å². The Kier molecular flexibility index (Phi) is 7.38. The standard InChI is InChI=1S/C49H27N5S3/c1-3-14-28(15-4-1)42-45-43(31-19-8-10-25-37(31)56-45)51-49(50-42)35-23-11-20-32-41-34(22-13-27-39(41)57-44(32)35)48-53-46(29-16-5-2-6-17-29)52-47(54-48)33-21-12-26-38-40(33)30-18-7-9-24-36(30)55-38/h1-27H. The second-order valence-electron chi connectivity index (χ2n) is 14.0. The number of thiophene rings is 3. The first-order chi connectivity index (χ1) is 28.2. The summed E-state index contributed by atoms with van der Waals surface area (Å²) < 4.78 is 7.04. The van der Waals surface area contributed by atoms with Crippen molar-refractivity contribution >= 4 is 94.7 Å². The predicted molar refractivity (Wildman–Crippen MR) is 241 cm³/mol. The Balaban J connectivity index is 1.10. The average molecular weight is 782 g/mol. The van der Waals surface area contributed by atoms with Gasteiger partial charge in [-0.05, 0) is 30.3 Å². The van der Waals surface area contributed by atoms with Crippen LogP contribution in [0.5, 0.6) is 0 Å². The van der Waals surface area contributed by atoms with Crippen LogP contribution in [-0.4, -0.2) is 24.9 Å². The normalized spacial score (nSPS) is 11.9. The highest BCUT2D eigenvalue weighted by Gasteiger charge is 2.22. The van der Waals surface area contributed by atoms with Crippen LogP contribution < -0.4 is 0 Å². The molecule has 57 heavy (non-hydrogen) atoms. The molecule has 0 atom stereocenters. The van der Waals surface area contributed by atoms with Crippen LogP contribution in [0.15, 0.2) is 164 Å². The van der Waals surface area contributed by atoms with E-state index in [9.17, 15) is 0 Å². The number of nitrogens with zero attached hydrogens (tertiary/aromatic N) is 5. The number of aromatic nitrogens is 5. The lowest BCUT2D eigenvalue weighted by atomic mass is 10.0. The van der Waals surface area contributed by atoms with Gasteiger partial charge in [0.25, 0.3) is 0 Å². The second kappa shape index (κ2) is 12.9. The zero-order chi connectivity index (χ0) is 37.5. The van der Waals surface area contributed by atoms with Gasteiger partial charge in [0.05, 0.1) is 15.9 Å². The van der Waals surface area contributed by atoms with E-state index in [2.05, 4.69) is 140 Å². The van der Waals surface area contributed by atoms with E-state index in [0.29, 0.717) is 23.3 Å². The van der Waals surface area contributed by atoms with E-state index in [-0.39, 0.29) is 0 Å². The van der Waals surface area contributed by atoms with E-state index in [1.54, 1.807) is 34.0 Å². The number of fused-ring (bicyclic) bond motifs is 9. The summed E-state index contributed by atoms with van der Waals surface area (Å²) in [5.41, 5.74) is 6.92. The van der Waals surface area contributed by atoms with Gasteiger partial charge in [0.1, 0.15) is 0 Å². The van der Waals surface area contributed by atoms with Crippen molar-refractivity contribution in [1.29, 1.82) is 0 Å². The molecule has 0 N–H and O–H groups in total. The summed E-state index contributed by atoms with van der Waals surface area (Å²) in [6.07, 6.45) is 0. The first kappa shape index (κ1) is 32.5. The van der Waals surface area contributed by atoms with Crippen LogP contribution in [0, 0.1) is 0 Å². The van der Waals surface area contributed by atoms with Gasteiger partial charge in [0.2, 0.25) is 0 Å². The quantitative estimate of drug-likeness (QED) is 0.174. The van der Waals surface area contributed by atoms with E-state index < -0.39 is 0 Å². The molecule has 0 saturated heterocycles. The molecule has 12 aromatic rings. The molecule has 0 fully saturated rings. The Morgan fingerprint density at radius 2 is 0.789 bits per heavy atom. The summed E-state index contributed by atoms with van der Waals surface area (Å²) in [5.74, 6) is 2.65. The molecule has 12 rings (SSSR count). The van der Waals surface area contributed by atoms with Gasteiger partial charge in [-0.1, -0.05) is 133 Å². The number of benzene rings is 7. The van der Waals surface area contributed by atoms with Crippen molar-refractivity contribution in [3.63, 3.8) is 0 Å². The Morgan fingerprint density at radius 1 is 0.298 bits per heavy atom. The zero-order valence-electron chi connectivity index (χ0n) is 30.0. The Bertz CT molecular complexity index is 3530. The van der Waals surface area contributed by atoms with Crippen LogP contribution in [0.2, 0.25) is 0 Å². The first-order valence-corrected chi connectivity index (χ1v) is 21.1. The zero-order valence-corrected chi connectivity index (χ0v) is 32.5. The van der Waals surface area contributed by atoms with Crippen molar-refractivity contribution in [2.24, 2.45) is 0 Å². The van der Waals surface area contributed by atoms with Crippen LogP contribution in [0.25, 0.3) is 117 Å². The van der Waals surface area contributed by atoms with E-state index in [0.717, 1.165) is 69.3 Å². The molecular formula is C49H27N5S3. The molecule has 0 unspecified atom stereocenters. The lowest BCUT2D eigenvalue weighted by Gasteiger charge is -2.11. The monoisotopic (exact) mass is 781 g/mol. The number of hydrogen-bond donors (Lipinski definition) is 0. The summed E-state index contributed by atoms with van der Waals surface area (Å²) in [6, 6.07) is 57.1. The van der Waals surface area contributed by atoms with Gasteiger partial charge in [-0.3, -0.25) is 0 Å².